The first-order valence-electron chi connectivity index (χ1n) is 7.60. The Kier molecular flexibility index (Phi) is 8.42. The van der Waals surface area contributed by atoms with Crippen molar-refractivity contribution in [2.75, 3.05) is 31.6 Å². The van der Waals surface area contributed by atoms with E-state index in [4.69, 9.17) is 0 Å². The fourth-order valence-corrected chi connectivity index (χ4v) is 2.18. The second-order valence-corrected chi connectivity index (χ2v) is 5.94. The SMILES string of the molecule is CCOC(=O)NC(=O)CN(CC)CC(=O)Nc1ccc(Br)c(C)c1. The number of halogens is 1. The van der Waals surface area contributed by atoms with Crippen molar-refractivity contribution in [1.82, 2.24) is 10.2 Å². The van der Waals surface area contributed by atoms with Crippen LogP contribution in [0.4, 0.5) is 10.5 Å². The van der Waals surface area contributed by atoms with E-state index in [1.165, 1.54) is 0 Å². The number of aryl methyl sites for hydroxylation is 1. The van der Waals surface area contributed by atoms with Crippen molar-refractivity contribution in [3.05, 3.63) is 28.2 Å². The number of carbonyl (C=O) groups excluding carboxylic acids is 3. The molecule has 8 heteroatoms. The molecule has 2 N–H and O–H groups in total. The summed E-state index contributed by atoms with van der Waals surface area (Å²) in [6.07, 6.45) is -0.784. The molecule has 0 saturated heterocycles. The lowest BCUT2D eigenvalue weighted by molar-refractivity contribution is -0.122. The molecule has 132 valence electrons. The van der Waals surface area contributed by atoms with Crippen molar-refractivity contribution < 1.29 is 19.1 Å². The van der Waals surface area contributed by atoms with Gasteiger partial charge in [0.05, 0.1) is 19.7 Å². The van der Waals surface area contributed by atoms with Crippen LogP contribution >= 0.6 is 15.9 Å². The minimum absolute atomic E-state index is 0.0435. The molecule has 0 aliphatic heterocycles. The first-order chi connectivity index (χ1) is 11.3. The Morgan fingerprint density at radius 2 is 1.83 bits per heavy atom. The van der Waals surface area contributed by atoms with Crippen molar-refractivity contribution in [2.24, 2.45) is 0 Å². The lowest BCUT2D eigenvalue weighted by Gasteiger charge is -2.19. The predicted octanol–water partition coefficient (Wildman–Crippen LogP) is 2.29. The number of alkyl carbamates (subject to hydrolysis) is 1. The highest BCUT2D eigenvalue weighted by Gasteiger charge is 2.15. The highest BCUT2D eigenvalue weighted by atomic mass is 79.9. The summed E-state index contributed by atoms with van der Waals surface area (Å²) >= 11 is 3.40. The van der Waals surface area contributed by atoms with E-state index in [1.807, 2.05) is 26.0 Å². The molecule has 0 unspecified atom stereocenters. The average molecular weight is 400 g/mol. The summed E-state index contributed by atoms with van der Waals surface area (Å²) < 4.78 is 5.60. The Hall–Kier alpha value is -1.93. The molecule has 7 nitrogen and oxygen atoms in total. The number of nitrogens with one attached hydrogen (secondary N) is 2. The molecule has 1 rings (SSSR count). The summed E-state index contributed by atoms with van der Waals surface area (Å²) in [6.45, 7) is 6.06. The molecule has 0 spiro atoms. The van der Waals surface area contributed by atoms with Crippen molar-refractivity contribution in [1.29, 1.82) is 0 Å². The summed E-state index contributed by atoms with van der Waals surface area (Å²) in [5.41, 5.74) is 1.70. The number of nitrogens with zero attached hydrogens (tertiary/aromatic N) is 1. The number of likely N-dealkylation sites (N-methyl/N-ethyl adjacent to an activating group) is 1. The van der Waals surface area contributed by atoms with Crippen LogP contribution in [0.3, 0.4) is 0 Å². The summed E-state index contributed by atoms with van der Waals surface area (Å²) in [5, 5.41) is 4.89. The van der Waals surface area contributed by atoms with Crippen LogP contribution < -0.4 is 10.6 Å². The number of rotatable bonds is 7. The normalized spacial score (nSPS) is 10.4. The molecule has 1 aromatic carbocycles. The van der Waals surface area contributed by atoms with Crippen LogP contribution in [0.25, 0.3) is 0 Å². The maximum atomic E-state index is 12.1. The average Bonchev–Trinajstić information content (AvgIpc) is 2.50. The lowest BCUT2D eigenvalue weighted by atomic mass is 10.2. The maximum absolute atomic E-state index is 12.1. The molecule has 0 fully saturated rings. The third-order valence-electron chi connectivity index (χ3n) is 3.14. The van der Waals surface area contributed by atoms with Crippen LogP contribution in [0, 0.1) is 6.92 Å². The molecule has 3 amide bonds. The monoisotopic (exact) mass is 399 g/mol. The van der Waals surface area contributed by atoms with E-state index in [-0.39, 0.29) is 25.6 Å². The molecule has 24 heavy (non-hydrogen) atoms. The third-order valence-corrected chi connectivity index (χ3v) is 4.03. The molecule has 0 radical (unpaired) electrons. The van der Waals surface area contributed by atoms with E-state index in [2.05, 4.69) is 31.3 Å². The molecule has 0 atom stereocenters. The second kappa shape index (κ2) is 10.0. The van der Waals surface area contributed by atoms with Gasteiger partial charge in [0.15, 0.2) is 0 Å². The van der Waals surface area contributed by atoms with Crippen LogP contribution in [0.1, 0.15) is 19.4 Å². The molecule has 0 aliphatic carbocycles. The smallest absolute Gasteiger partial charge is 0.413 e. The van der Waals surface area contributed by atoms with E-state index in [0.717, 1.165) is 10.0 Å². The Labute approximate surface area is 149 Å². The first-order valence-corrected chi connectivity index (χ1v) is 8.40. The van der Waals surface area contributed by atoms with Crippen molar-refractivity contribution in [2.45, 2.75) is 20.8 Å². The first kappa shape index (κ1) is 20.1. The van der Waals surface area contributed by atoms with Gasteiger partial charge in [-0.15, -0.1) is 0 Å². The van der Waals surface area contributed by atoms with Gasteiger partial charge in [0.25, 0.3) is 0 Å². The zero-order chi connectivity index (χ0) is 18.1. The van der Waals surface area contributed by atoms with E-state index in [1.54, 1.807) is 17.9 Å². The van der Waals surface area contributed by atoms with Gasteiger partial charge in [-0.1, -0.05) is 22.9 Å². The van der Waals surface area contributed by atoms with Crippen molar-refractivity contribution >= 4 is 39.5 Å². The highest BCUT2D eigenvalue weighted by molar-refractivity contribution is 9.10. The van der Waals surface area contributed by atoms with Gasteiger partial charge in [0.1, 0.15) is 0 Å². The van der Waals surface area contributed by atoms with Crippen LogP contribution in [0.2, 0.25) is 0 Å². The Balaban J connectivity index is 2.51. The Morgan fingerprint density at radius 1 is 1.17 bits per heavy atom. The minimum atomic E-state index is -0.784. The number of ether oxygens (including phenoxy) is 1. The Bertz CT molecular complexity index is 607. The van der Waals surface area contributed by atoms with E-state index >= 15 is 0 Å². The van der Waals surface area contributed by atoms with Crippen LogP contribution in [-0.2, 0) is 14.3 Å². The molecular formula is C16H22BrN3O4. The van der Waals surface area contributed by atoms with Gasteiger partial charge < -0.3 is 10.1 Å². The zero-order valence-corrected chi connectivity index (χ0v) is 15.6. The summed E-state index contributed by atoms with van der Waals surface area (Å²) in [7, 11) is 0. The number of benzene rings is 1. The van der Waals surface area contributed by atoms with Crippen molar-refractivity contribution in [3.8, 4) is 0 Å². The molecule has 1 aromatic rings. The van der Waals surface area contributed by atoms with Gasteiger partial charge in [-0.2, -0.15) is 0 Å². The number of hydrogen-bond acceptors (Lipinski definition) is 5. The third kappa shape index (κ3) is 7.10. The fraction of sp³-hybridized carbons (Fsp3) is 0.438. The number of hydrogen-bond donors (Lipinski definition) is 2. The lowest BCUT2D eigenvalue weighted by Crippen LogP contribution is -2.43. The second-order valence-electron chi connectivity index (χ2n) is 5.08. The van der Waals surface area contributed by atoms with Crippen molar-refractivity contribution in [3.63, 3.8) is 0 Å². The minimum Gasteiger partial charge on any atom is -0.450 e. The maximum Gasteiger partial charge on any atom is 0.413 e. The van der Waals surface area contributed by atoms with Gasteiger partial charge in [-0.05, 0) is 44.2 Å². The number of amides is 3. The largest absolute Gasteiger partial charge is 0.450 e. The summed E-state index contributed by atoms with van der Waals surface area (Å²) in [5.74, 6) is -0.745. The van der Waals surface area contributed by atoms with E-state index < -0.39 is 12.0 Å². The van der Waals surface area contributed by atoms with Gasteiger partial charge in [0.2, 0.25) is 11.8 Å². The van der Waals surface area contributed by atoms with Crippen LogP contribution in [0.5, 0.6) is 0 Å². The molecular weight excluding hydrogens is 378 g/mol. The van der Waals surface area contributed by atoms with E-state index in [9.17, 15) is 14.4 Å². The predicted molar refractivity (Wildman–Crippen MR) is 94.8 cm³/mol. The van der Waals surface area contributed by atoms with Crippen LogP contribution in [-0.4, -0.2) is 49.0 Å². The summed E-state index contributed by atoms with van der Waals surface area (Å²) in [4.78, 5) is 36.6. The number of carbonyl (C=O) groups is 3. The molecule has 0 heterocycles. The molecule has 0 aromatic heterocycles. The van der Waals surface area contributed by atoms with E-state index in [0.29, 0.717) is 12.2 Å². The number of anilines is 1. The molecule has 0 bridgehead atoms. The fourth-order valence-electron chi connectivity index (χ4n) is 1.93. The quantitative estimate of drug-likeness (QED) is 0.734. The Morgan fingerprint density at radius 3 is 2.42 bits per heavy atom. The van der Waals surface area contributed by atoms with Gasteiger partial charge >= 0.3 is 6.09 Å². The molecule has 0 saturated carbocycles. The van der Waals surface area contributed by atoms with Gasteiger partial charge in [-0.3, -0.25) is 19.8 Å². The standard InChI is InChI=1S/C16H22BrN3O4/c1-4-20(10-15(22)19-16(23)24-5-2)9-14(21)18-12-6-7-13(17)11(3)8-12/h6-8H,4-5,9-10H2,1-3H3,(H,18,21)(H,19,22,23). The topological polar surface area (TPSA) is 87.7 Å². The van der Waals surface area contributed by atoms with Gasteiger partial charge in [0, 0.05) is 10.2 Å². The number of imide groups is 1. The molecule has 0 aliphatic rings. The zero-order valence-electron chi connectivity index (χ0n) is 14.0. The summed E-state index contributed by atoms with van der Waals surface area (Å²) in [6, 6.07) is 5.50. The van der Waals surface area contributed by atoms with Gasteiger partial charge in [-0.25, -0.2) is 4.79 Å². The van der Waals surface area contributed by atoms with Crippen LogP contribution in [0.15, 0.2) is 22.7 Å². The highest BCUT2D eigenvalue weighted by Crippen LogP contribution is 2.19.